The summed E-state index contributed by atoms with van der Waals surface area (Å²) in [6.07, 6.45) is 7.32. The van der Waals surface area contributed by atoms with Gasteiger partial charge < -0.3 is 13.9 Å². The van der Waals surface area contributed by atoms with Crippen LogP contribution >= 0.6 is 0 Å². The monoisotopic (exact) mass is 496 g/mol. The molecule has 36 heavy (non-hydrogen) atoms. The van der Waals surface area contributed by atoms with E-state index in [0.717, 1.165) is 16.5 Å². The first-order valence-corrected chi connectivity index (χ1v) is 12.7. The van der Waals surface area contributed by atoms with Gasteiger partial charge in [0.05, 0.1) is 18.8 Å². The van der Waals surface area contributed by atoms with Crippen LogP contribution in [0.1, 0.15) is 90.9 Å². The van der Waals surface area contributed by atoms with Gasteiger partial charge in [-0.05, 0) is 96.1 Å². The van der Waals surface area contributed by atoms with Crippen molar-refractivity contribution in [1.29, 1.82) is 0 Å². The summed E-state index contributed by atoms with van der Waals surface area (Å²) in [4.78, 5) is 37.8. The summed E-state index contributed by atoms with van der Waals surface area (Å²) < 4.78 is 16.0. The average Bonchev–Trinajstić information content (AvgIpc) is 3.20. The second-order valence-electron chi connectivity index (χ2n) is 10.8. The van der Waals surface area contributed by atoms with Crippen LogP contribution in [0.4, 0.5) is 0 Å². The van der Waals surface area contributed by atoms with Crippen LogP contribution < -0.4 is 0 Å². The van der Waals surface area contributed by atoms with Crippen molar-refractivity contribution in [3.05, 3.63) is 59.4 Å². The first-order valence-electron chi connectivity index (χ1n) is 12.7. The number of hydrogen-bond donors (Lipinski definition) is 0. The Kier molecular flexibility index (Phi) is 10.7. The van der Waals surface area contributed by atoms with E-state index in [4.69, 9.17) is 13.9 Å². The van der Waals surface area contributed by atoms with Gasteiger partial charge in [-0.1, -0.05) is 25.5 Å². The number of ketones is 1. The Bertz CT molecular complexity index is 1110. The third kappa shape index (κ3) is 10.2. The Morgan fingerprint density at radius 3 is 2.42 bits per heavy atom. The van der Waals surface area contributed by atoms with Gasteiger partial charge in [0.1, 0.15) is 11.2 Å². The molecular formula is C30H40O6. The van der Waals surface area contributed by atoms with E-state index in [1.165, 1.54) is 6.08 Å². The number of benzene rings is 1. The van der Waals surface area contributed by atoms with Crippen LogP contribution in [0.5, 0.6) is 0 Å². The quantitative estimate of drug-likeness (QED) is 0.132. The summed E-state index contributed by atoms with van der Waals surface area (Å²) in [5.74, 6) is -0.514. The Morgan fingerprint density at radius 1 is 1.06 bits per heavy atom. The highest BCUT2D eigenvalue weighted by Crippen LogP contribution is 2.23. The lowest BCUT2D eigenvalue weighted by molar-refractivity contribution is -0.148. The molecule has 0 amide bonds. The van der Waals surface area contributed by atoms with Gasteiger partial charge in [0.2, 0.25) is 0 Å². The number of ether oxygens (including phenoxy) is 2. The number of rotatable bonds is 12. The van der Waals surface area contributed by atoms with E-state index in [1.807, 2.05) is 24.3 Å². The second-order valence-corrected chi connectivity index (χ2v) is 10.8. The molecule has 0 fully saturated rings. The molecule has 0 bridgehead atoms. The highest BCUT2D eigenvalue weighted by atomic mass is 16.6. The lowest BCUT2D eigenvalue weighted by Gasteiger charge is -2.18. The molecular weight excluding hydrogens is 456 g/mol. The van der Waals surface area contributed by atoms with Crippen LogP contribution in [0.2, 0.25) is 0 Å². The minimum Gasteiger partial charge on any atom is -0.464 e. The highest BCUT2D eigenvalue weighted by molar-refractivity contribution is 6.10. The van der Waals surface area contributed by atoms with Crippen molar-refractivity contribution in [3.8, 4) is 0 Å². The number of allylic oxidation sites excluding steroid dienone is 2. The van der Waals surface area contributed by atoms with Gasteiger partial charge >= 0.3 is 11.9 Å². The normalized spacial score (nSPS) is 12.9. The van der Waals surface area contributed by atoms with E-state index in [2.05, 4.69) is 13.8 Å². The van der Waals surface area contributed by atoms with E-state index in [9.17, 15) is 14.4 Å². The van der Waals surface area contributed by atoms with Crippen LogP contribution in [0.15, 0.2) is 58.2 Å². The van der Waals surface area contributed by atoms with Crippen LogP contribution in [0.25, 0.3) is 11.0 Å². The molecule has 0 N–H and O–H groups in total. The lowest BCUT2D eigenvalue weighted by Crippen LogP contribution is -2.23. The van der Waals surface area contributed by atoms with E-state index in [1.54, 1.807) is 46.9 Å². The summed E-state index contributed by atoms with van der Waals surface area (Å²) >= 11 is 0. The molecule has 1 heterocycles. The maximum atomic E-state index is 13.3. The highest BCUT2D eigenvalue weighted by Gasteiger charge is 2.18. The van der Waals surface area contributed by atoms with Gasteiger partial charge in [0, 0.05) is 17.0 Å². The van der Waals surface area contributed by atoms with Gasteiger partial charge in [-0.15, -0.1) is 0 Å². The largest absolute Gasteiger partial charge is 0.464 e. The van der Waals surface area contributed by atoms with Crippen molar-refractivity contribution in [2.24, 2.45) is 5.92 Å². The van der Waals surface area contributed by atoms with Gasteiger partial charge in [-0.3, -0.25) is 9.59 Å². The topological polar surface area (TPSA) is 82.8 Å². The number of carbonyl (C=O) groups is 3. The molecule has 0 aliphatic carbocycles. The van der Waals surface area contributed by atoms with Crippen molar-refractivity contribution >= 4 is 28.7 Å². The molecule has 0 spiro atoms. The molecule has 2 aromatic rings. The number of carbonyl (C=O) groups excluding carboxylic acids is 3. The molecule has 0 saturated carbocycles. The summed E-state index contributed by atoms with van der Waals surface area (Å²) in [5.41, 5.74) is 2.19. The fourth-order valence-corrected chi connectivity index (χ4v) is 3.81. The summed E-state index contributed by atoms with van der Waals surface area (Å²) in [7, 11) is 0. The van der Waals surface area contributed by atoms with Crippen LogP contribution in [-0.2, 0) is 19.1 Å². The summed E-state index contributed by atoms with van der Waals surface area (Å²) in [6, 6.07) is 7.32. The summed E-state index contributed by atoms with van der Waals surface area (Å²) in [5, 5.41) is 0.898. The predicted molar refractivity (Wildman–Crippen MR) is 142 cm³/mol. The van der Waals surface area contributed by atoms with Crippen molar-refractivity contribution in [2.45, 2.75) is 92.3 Å². The molecule has 0 aliphatic heterocycles. The van der Waals surface area contributed by atoms with Crippen molar-refractivity contribution in [3.63, 3.8) is 0 Å². The van der Waals surface area contributed by atoms with Crippen molar-refractivity contribution in [2.75, 3.05) is 0 Å². The number of Topliss-reactive ketones (excluding diaryl/α,β-unsaturated/α-hetero) is 1. The number of hydrogen-bond acceptors (Lipinski definition) is 6. The number of furan rings is 1. The Morgan fingerprint density at radius 2 is 1.78 bits per heavy atom. The van der Waals surface area contributed by atoms with Gasteiger partial charge in [0.25, 0.3) is 0 Å². The Hall–Kier alpha value is -3.15. The zero-order valence-corrected chi connectivity index (χ0v) is 22.7. The summed E-state index contributed by atoms with van der Waals surface area (Å²) in [6.45, 7) is 13.1. The van der Waals surface area contributed by atoms with Crippen molar-refractivity contribution < 1.29 is 28.3 Å². The number of unbranched alkanes of at least 4 members (excludes halogenated alkanes) is 1. The van der Waals surface area contributed by atoms with E-state index in [0.29, 0.717) is 42.7 Å². The molecule has 6 nitrogen and oxygen atoms in total. The molecule has 0 radical (unpaired) electrons. The third-order valence-corrected chi connectivity index (χ3v) is 5.19. The number of fused-ring (bicyclic) bond motifs is 1. The van der Waals surface area contributed by atoms with Gasteiger partial charge in [0.15, 0.2) is 5.78 Å². The van der Waals surface area contributed by atoms with Crippen LogP contribution in [0, 0.1) is 5.92 Å². The second kappa shape index (κ2) is 13.2. The molecule has 0 unspecified atom stereocenters. The van der Waals surface area contributed by atoms with Gasteiger partial charge in [-0.2, -0.15) is 0 Å². The van der Waals surface area contributed by atoms with Crippen LogP contribution in [-0.4, -0.2) is 29.4 Å². The molecule has 2 rings (SSSR count). The lowest BCUT2D eigenvalue weighted by atomic mass is 9.93. The van der Waals surface area contributed by atoms with E-state index >= 15 is 0 Å². The molecule has 0 saturated heterocycles. The molecule has 196 valence electrons. The SMILES string of the molecule is CC(C)C/C(=C\CCC/C(=C/C(=O)OC(C)(C)C)CC(=O)OC(C)C)C(=O)c1ccc2occc2c1. The minimum atomic E-state index is -0.620. The first-order chi connectivity index (χ1) is 16.8. The Labute approximate surface area is 214 Å². The smallest absolute Gasteiger partial charge is 0.331 e. The first kappa shape index (κ1) is 29.1. The maximum absolute atomic E-state index is 13.3. The Balaban J connectivity index is 2.12. The molecule has 1 aromatic heterocycles. The van der Waals surface area contributed by atoms with Gasteiger partial charge in [-0.25, -0.2) is 4.79 Å². The van der Waals surface area contributed by atoms with Crippen molar-refractivity contribution in [1.82, 2.24) is 0 Å². The molecule has 0 aliphatic rings. The molecule has 6 heteroatoms. The molecule has 0 atom stereocenters. The zero-order chi connectivity index (χ0) is 26.9. The molecule has 1 aromatic carbocycles. The third-order valence-electron chi connectivity index (χ3n) is 5.19. The van der Waals surface area contributed by atoms with E-state index < -0.39 is 11.6 Å². The van der Waals surface area contributed by atoms with Crippen LogP contribution in [0.3, 0.4) is 0 Å². The average molecular weight is 497 g/mol. The predicted octanol–water partition coefficient (Wildman–Crippen LogP) is 7.37. The minimum absolute atomic E-state index is 0.0110. The fourth-order valence-electron chi connectivity index (χ4n) is 3.81. The maximum Gasteiger partial charge on any atom is 0.331 e. The fraction of sp³-hybridized carbons (Fsp3) is 0.500. The zero-order valence-electron chi connectivity index (χ0n) is 22.7. The number of esters is 2. The standard InChI is InChI=1S/C30H40O6/c1-20(2)16-24(29(33)25-12-13-26-23(19-25)14-15-34-26)11-9-8-10-22(17-27(31)35-21(3)4)18-28(32)36-30(5,6)7/h11-15,18-21H,8-10,16-17H2,1-7H3/b22-18-,24-11+. The van der Waals surface area contributed by atoms with E-state index in [-0.39, 0.29) is 24.3 Å².